The Kier molecular flexibility index (Phi) is 4.64. The number of hydrogen-bond donors (Lipinski definition) is 1. The molecule has 2 aliphatic heterocycles. The number of carbonyl (C=O) groups excluding carboxylic acids is 1. The van der Waals surface area contributed by atoms with Crippen LogP contribution in [0.2, 0.25) is 0 Å². The lowest BCUT2D eigenvalue weighted by Gasteiger charge is -2.24. The van der Waals surface area contributed by atoms with E-state index in [1.807, 2.05) is 23.6 Å². The van der Waals surface area contributed by atoms with Crippen molar-refractivity contribution >= 4 is 16.9 Å². The van der Waals surface area contributed by atoms with Gasteiger partial charge in [0.25, 0.3) is 5.91 Å². The first-order valence-corrected chi connectivity index (χ1v) is 10.8. The minimum Gasteiger partial charge on any atom is -0.434 e. The summed E-state index contributed by atoms with van der Waals surface area (Å²) in [5, 5.41) is 3.21. The van der Waals surface area contributed by atoms with Crippen LogP contribution in [0.5, 0.6) is 5.75 Å². The molecule has 0 fully saturated rings. The summed E-state index contributed by atoms with van der Waals surface area (Å²) in [5.74, 6) is 5.74. The van der Waals surface area contributed by atoms with Crippen molar-refractivity contribution in [2.24, 2.45) is 0 Å². The Bertz CT molecular complexity index is 1390. The Balaban J connectivity index is 1.69. The summed E-state index contributed by atoms with van der Waals surface area (Å²) in [5.41, 5.74) is 2.31. The van der Waals surface area contributed by atoms with Gasteiger partial charge < -0.3 is 19.5 Å². The fourth-order valence-corrected chi connectivity index (χ4v) is 4.68. The zero-order valence-electron chi connectivity index (χ0n) is 20.9. The van der Waals surface area contributed by atoms with E-state index < -0.39 is 31.6 Å². The van der Waals surface area contributed by atoms with Gasteiger partial charge in [-0.3, -0.25) is 4.79 Å². The van der Waals surface area contributed by atoms with Gasteiger partial charge in [-0.25, -0.2) is 4.98 Å². The minimum atomic E-state index is -3.10. The Labute approximate surface area is 194 Å². The summed E-state index contributed by atoms with van der Waals surface area (Å²) in [4.78, 5) is 19.0. The third kappa shape index (κ3) is 3.62. The molecule has 2 atom stereocenters. The van der Waals surface area contributed by atoms with Crippen LogP contribution in [-0.4, -0.2) is 47.0 Å². The SMILES string of the molecule is [2H]C([2H])([2H])N1C(=O)c2cccc(OC(F)F)c2[C@H]2C[C@@H]1c1nc3ccc(C#CCCNCC)cc3n12. The van der Waals surface area contributed by atoms with Gasteiger partial charge in [-0.15, -0.1) is 0 Å². The lowest BCUT2D eigenvalue weighted by molar-refractivity contribution is -0.0507. The van der Waals surface area contributed by atoms with Crippen LogP contribution >= 0.6 is 0 Å². The Morgan fingerprint density at radius 2 is 2.21 bits per heavy atom. The van der Waals surface area contributed by atoms with Gasteiger partial charge in [0, 0.05) is 47.2 Å². The van der Waals surface area contributed by atoms with Crippen LogP contribution in [-0.2, 0) is 0 Å². The van der Waals surface area contributed by atoms with Crippen molar-refractivity contribution < 1.29 is 22.4 Å². The predicted octanol–water partition coefficient (Wildman–Crippen LogP) is 4.11. The van der Waals surface area contributed by atoms with Crippen molar-refractivity contribution in [3.8, 4) is 17.6 Å². The van der Waals surface area contributed by atoms with E-state index in [-0.39, 0.29) is 23.3 Å². The van der Waals surface area contributed by atoms with Gasteiger partial charge in [0.05, 0.1) is 23.1 Å². The number of halogens is 2. The average molecular weight is 454 g/mol. The summed E-state index contributed by atoms with van der Waals surface area (Å²) in [6.45, 7) is -2.19. The first-order chi connectivity index (χ1) is 17.2. The second-order valence-corrected chi connectivity index (χ2v) is 7.99. The molecular formula is C25H24F2N4O2. The first-order valence-electron chi connectivity index (χ1n) is 12.3. The van der Waals surface area contributed by atoms with Crippen molar-refractivity contribution in [3.63, 3.8) is 0 Å². The predicted molar refractivity (Wildman–Crippen MR) is 120 cm³/mol. The van der Waals surface area contributed by atoms with Crippen molar-refractivity contribution in [1.29, 1.82) is 0 Å². The van der Waals surface area contributed by atoms with Crippen molar-refractivity contribution in [2.75, 3.05) is 20.1 Å². The topological polar surface area (TPSA) is 59.4 Å². The Morgan fingerprint density at radius 3 is 3.00 bits per heavy atom. The monoisotopic (exact) mass is 453 g/mol. The summed E-state index contributed by atoms with van der Waals surface area (Å²) in [7, 11) is 0. The normalized spacial score (nSPS) is 20.4. The molecule has 3 heterocycles. The number of ether oxygens (including phenoxy) is 1. The average Bonchev–Trinajstić information content (AvgIpc) is 3.31. The minimum absolute atomic E-state index is 0.0312. The molecule has 5 rings (SSSR count). The number of carbonyl (C=O) groups is 1. The number of fused-ring (bicyclic) bond motifs is 9. The molecule has 0 unspecified atom stereocenters. The van der Waals surface area contributed by atoms with Crippen LogP contribution in [0.4, 0.5) is 8.78 Å². The third-order valence-corrected chi connectivity index (χ3v) is 6.06. The molecule has 0 spiro atoms. The number of hydrogen-bond acceptors (Lipinski definition) is 4. The molecule has 6 nitrogen and oxygen atoms in total. The molecule has 170 valence electrons. The van der Waals surface area contributed by atoms with E-state index in [4.69, 9.17) is 8.85 Å². The van der Waals surface area contributed by atoms with Gasteiger partial charge in [0.15, 0.2) is 0 Å². The largest absolute Gasteiger partial charge is 0.434 e. The maximum Gasteiger partial charge on any atom is 0.387 e. The number of nitrogens with zero attached hydrogens (tertiary/aromatic N) is 3. The molecule has 1 N–H and O–H groups in total. The van der Waals surface area contributed by atoms with Crippen LogP contribution in [0.3, 0.4) is 0 Å². The molecule has 2 aliphatic rings. The first kappa shape index (κ1) is 18.0. The highest BCUT2D eigenvalue weighted by Crippen LogP contribution is 2.49. The number of rotatable bonds is 5. The molecule has 8 heteroatoms. The quantitative estimate of drug-likeness (QED) is 0.467. The molecular weight excluding hydrogens is 426 g/mol. The standard InChI is InChI=1S/C25H24F2N4O2/c1-3-28-12-5-4-7-15-10-11-17-18(13-15)31-19-14-20(23(31)29-17)30(2)24(32)16-8-6-9-21(22(16)19)33-25(26)27/h6,8-11,13,19-20,25,28H,3,5,12,14H2,1-2H3/t19-,20-/m1/s1/i2D3. The summed E-state index contributed by atoms with van der Waals surface area (Å²) < 4.78 is 57.4. The highest BCUT2D eigenvalue weighted by Gasteiger charge is 2.44. The van der Waals surface area contributed by atoms with E-state index in [9.17, 15) is 13.6 Å². The molecule has 0 saturated heterocycles. The van der Waals surface area contributed by atoms with Gasteiger partial charge in [-0.1, -0.05) is 24.8 Å². The van der Waals surface area contributed by atoms with Crippen LogP contribution in [0.1, 0.15) is 63.3 Å². The lowest BCUT2D eigenvalue weighted by Crippen LogP contribution is -2.30. The summed E-state index contributed by atoms with van der Waals surface area (Å²) in [6.07, 6.45) is 0.857. The molecule has 3 aromatic rings. The molecule has 1 aromatic heterocycles. The van der Waals surface area contributed by atoms with E-state index in [1.54, 1.807) is 6.07 Å². The smallest absolute Gasteiger partial charge is 0.387 e. The van der Waals surface area contributed by atoms with E-state index >= 15 is 0 Å². The van der Waals surface area contributed by atoms with Crippen molar-refractivity contribution in [2.45, 2.75) is 38.5 Å². The van der Waals surface area contributed by atoms with Gasteiger partial charge in [0.2, 0.25) is 0 Å². The number of amides is 1. The van der Waals surface area contributed by atoms with Crippen LogP contribution in [0.15, 0.2) is 36.4 Å². The number of aromatic nitrogens is 2. The highest BCUT2D eigenvalue weighted by atomic mass is 19.3. The van der Waals surface area contributed by atoms with E-state index in [2.05, 4.69) is 22.1 Å². The third-order valence-electron chi connectivity index (χ3n) is 6.06. The molecule has 2 aromatic carbocycles. The van der Waals surface area contributed by atoms with Crippen LogP contribution < -0.4 is 10.1 Å². The number of nitrogens with one attached hydrogen (secondary N) is 1. The molecule has 0 aliphatic carbocycles. The maximum absolute atomic E-state index is 13.4. The Hall–Kier alpha value is -3.44. The summed E-state index contributed by atoms with van der Waals surface area (Å²) >= 11 is 0. The fraction of sp³-hybridized carbons (Fsp3) is 0.360. The van der Waals surface area contributed by atoms with E-state index in [0.29, 0.717) is 23.3 Å². The fourth-order valence-electron chi connectivity index (χ4n) is 4.68. The lowest BCUT2D eigenvalue weighted by atomic mass is 9.97. The zero-order valence-corrected chi connectivity index (χ0v) is 17.9. The second-order valence-electron chi connectivity index (χ2n) is 7.99. The van der Waals surface area contributed by atoms with Gasteiger partial charge in [0.1, 0.15) is 11.6 Å². The van der Waals surface area contributed by atoms with Gasteiger partial charge >= 0.3 is 6.61 Å². The zero-order chi connectivity index (χ0) is 25.6. The number of imidazole rings is 1. The van der Waals surface area contributed by atoms with E-state index in [0.717, 1.165) is 23.6 Å². The molecule has 2 bridgehead atoms. The summed E-state index contributed by atoms with van der Waals surface area (Å²) in [6, 6.07) is 8.26. The van der Waals surface area contributed by atoms with Gasteiger partial charge in [-0.05, 0) is 36.9 Å². The maximum atomic E-state index is 13.4. The molecule has 0 saturated carbocycles. The highest BCUT2D eigenvalue weighted by molar-refractivity contribution is 5.97. The Morgan fingerprint density at radius 1 is 1.33 bits per heavy atom. The van der Waals surface area contributed by atoms with Crippen molar-refractivity contribution in [1.82, 2.24) is 19.8 Å². The van der Waals surface area contributed by atoms with Gasteiger partial charge in [-0.2, -0.15) is 8.78 Å². The number of alkyl halides is 2. The van der Waals surface area contributed by atoms with Crippen molar-refractivity contribution in [3.05, 3.63) is 58.9 Å². The van der Waals surface area contributed by atoms with Crippen LogP contribution in [0.25, 0.3) is 11.0 Å². The molecule has 33 heavy (non-hydrogen) atoms. The number of benzene rings is 2. The molecule has 1 amide bonds. The van der Waals surface area contributed by atoms with E-state index in [1.165, 1.54) is 18.2 Å². The molecule has 0 radical (unpaired) electrons. The second kappa shape index (κ2) is 8.49. The van der Waals surface area contributed by atoms with Crippen LogP contribution in [0, 0.1) is 11.8 Å².